The second-order valence-electron chi connectivity index (χ2n) is 7.44. The highest BCUT2D eigenvalue weighted by molar-refractivity contribution is 7.91. The van der Waals surface area contributed by atoms with Gasteiger partial charge in [0.2, 0.25) is 10.0 Å². The molecule has 1 N–H and O–H groups in total. The molecule has 0 bridgehead atoms. The van der Waals surface area contributed by atoms with E-state index in [-0.39, 0.29) is 13.1 Å². The molecule has 154 valence electrons. The SMILES string of the molecule is COc1cc(C2=CCN(S(=O)(=O)C(C)(C)C(=O)O)CC2)ccc1-c1ccccc1. The van der Waals surface area contributed by atoms with Gasteiger partial charge in [-0.25, -0.2) is 8.42 Å². The number of hydrogen-bond acceptors (Lipinski definition) is 4. The first-order chi connectivity index (χ1) is 13.7. The lowest BCUT2D eigenvalue weighted by atomic mass is 9.96. The Morgan fingerprint density at radius 3 is 2.34 bits per heavy atom. The van der Waals surface area contributed by atoms with Crippen molar-refractivity contribution in [1.82, 2.24) is 4.31 Å². The van der Waals surface area contributed by atoms with Crippen molar-refractivity contribution >= 4 is 21.6 Å². The number of carboxylic acid groups (broad SMARTS) is 1. The molecule has 2 aromatic rings. The highest BCUT2D eigenvalue weighted by Crippen LogP contribution is 2.35. The smallest absolute Gasteiger partial charge is 0.325 e. The normalized spacial score (nSPS) is 15.6. The van der Waals surface area contributed by atoms with E-state index in [2.05, 4.69) is 0 Å². The molecule has 6 nitrogen and oxygen atoms in total. The van der Waals surface area contributed by atoms with Crippen molar-refractivity contribution in [2.24, 2.45) is 0 Å². The molecular formula is C22H25NO5S. The monoisotopic (exact) mass is 415 g/mol. The molecule has 0 unspecified atom stereocenters. The summed E-state index contributed by atoms with van der Waals surface area (Å²) in [4.78, 5) is 11.4. The van der Waals surface area contributed by atoms with E-state index in [1.54, 1.807) is 7.11 Å². The highest BCUT2D eigenvalue weighted by Gasteiger charge is 2.45. The third-order valence-electron chi connectivity index (χ3n) is 5.33. The first kappa shape index (κ1) is 21.1. The lowest BCUT2D eigenvalue weighted by molar-refractivity contribution is -0.139. The van der Waals surface area contributed by atoms with Crippen molar-refractivity contribution in [3.8, 4) is 16.9 Å². The fourth-order valence-electron chi connectivity index (χ4n) is 3.31. The van der Waals surface area contributed by atoms with E-state index < -0.39 is 20.7 Å². The van der Waals surface area contributed by atoms with Crippen LogP contribution in [0.25, 0.3) is 16.7 Å². The predicted molar refractivity (Wildman–Crippen MR) is 113 cm³/mol. The molecule has 1 heterocycles. The van der Waals surface area contributed by atoms with Crippen LogP contribution in [0.3, 0.4) is 0 Å². The standard InChI is InChI=1S/C22H25NO5S/c1-22(2,21(24)25)29(26,27)23-13-11-16(12-14-23)18-9-10-19(20(15-18)28-3)17-7-5-4-6-8-17/h4-11,15H,12-14H2,1-3H3,(H,24,25). The molecule has 0 aromatic heterocycles. The molecule has 0 fully saturated rings. The van der Waals surface area contributed by atoms with Gasteiger partial charge < -0.3 is 9.84 Å². The molecule has 0 aliphatic carbocycles. The quantitative estimate of drug-likeness (QED) is 0.779. The molecule has 2 aromatic carbocycles. The summed E-state index contributed by atoms with van der Waals surface area (Å²) in [6, 6.07) is 15.9. The van der Waals surface area contributed by atoms with Gasteiger partial charge >= 0.3 is 5.97 Å². The highest BCUT2D eigenvalue weighted by atomic mass is 32.2. The zero-order valence-corrected chi connectivity index (χ0v) is 17.6. The van der Waals surface area contributed by atoms with Crippen LogP contribution in [0.5, 0.6) is 5.75 Å². The second kappa shape index (κ2) is 8.00. The Balaban J connectivity index is 1.86. The van der Waals surface area contributed by atoms with Gasteiger partial charge in [-0.2, -0.15) is 4.31 Å². The number of aliphatic carboxylic acids is 1. The van der Waals surface area contributed by atoms with Crippen LogP contribution in [0.1, 0.15) is 25.8 Å². The molecule has 0 radical (unpaired) electrons. The number of ether oxygens (including phenoxy) is 1. The molecule has 0 spiro atoms. The van der Waals surface area contributed by atoms with Gasteiger partial charge in [0.25, 0.3) is 0 Å². The summed E-state index contributed by atoms with van der Waals surface area (Å²) in [5.41, 5.74) is 4.03. The lowest BCUT2D eigenvalue weighted by Crippen LogP contribution is -2.50. The number of benzene rings is 2. The number of hydrogen-bond donors (Lipinski definition) is 1. The van der Waals surface area contributed by atoms with Gasteiger partial charge in [-0.05, 0) is 43.0 Å². The first-order valence-electron chi connectivity index (χ1n) is 9.34. The van der Waals surface area contributed by atoms with Crippen LogP contribution in [0.15, 0.2) is 54.6 Å². The largest absolute Gasteiger partial charge is 0.496 e. The third kappa shape index (κ3) is 3.93. The second-order valence-corrected chi connectivity index (χ2v) is 9.93. The molecule has 1 aliphatic heterocycles. The van der Waals surface area contributed by atoms with Gasteiger partial charge in [-0.15, -0.1) is 0 Å². The van der Waals surface area contributed by atoms with Gasteiger partial charge in [0, 0.05) is 18.7 Å². The van der Waals surface area contributed by atoms with Gasteiger partial charge in [0.1, 0.15) is 5.75 Å². The van der Waals surface area contributed by atoms with E-state index in [4.69, 9.17) is 4.74 Å². The van der Waals surface area contributed by atoms with Gasteiger partial charge in [-0.3, -0.25) is 4.79 Å². The van der Waals surface area contributed by atoms with Crippen molar-refractivity contribution < 1.29 is 23.1 Å². The maximum absolute atomic E-state index is 12.7. The number of methoxy groups -OCH3 is 1. The van der Waals surface area contributed by atoms with Crippen molar-refractivity contribution in [3.05, 3.63) is 60.2 Å². The van der Waals surface area contributed by atoms with Gasteiger partial charge in [-0.1, -0.05) is 48.5 Å². The predicted octanol–water partition coefficient (Wildman–Crippen LogP) is 3.64. The van der Waals surface area contributed by atoms with E-state index in [0.29, 0.717) is 6.42 Å². The lowest BCUT2D eigenvalue weighted by Gasteiger charge is -2.31. The van der Waals surface area contributed by atoms with Crippen molar-refractivity contribution in [2.75, 3.05) is 20.2 Å². The molecule has 7 heteroatoms. The van der Waals surface area contributed by atoms with Crippen LogP contribution in [0, 0.1) is 0 Å². The molecule has 29 heavy (non-hydrogen) atoms. The number of carboxylic acids is 1. The van der Waals surface area contributed by atoms with E-state index >= 15 is 0 Å². The van der Waals surface area contributed by atoms with Crippen LogP contribution in [0.4, 0.5) is 0 Å². The van der Waals surface area contributed by atoms with E-state index in [1.165, 1.54) is 18.2 Å². The average Bonchev–Trinajstić information content (AvgIpc) is 2.73. The Morgan fingerprint density at radius 1 is 1.10 bits per heavy atom. The fraction of sp³-hybridized carbons (Fsp3) is 0.318. The Labute approximate surface area is 171 Å². The Bertz CT molecular complexity index is 1040. The van der Waals surface area contributed by atoms with E-state index in [1.807, 2.05) is 54.6 Å². The van der Waals surface area contributed by atoms with Crippen LogP contribution in [-0.4, -0.2) is 48.7 Å². The zero-order valence-electron chi connectivity index (χ0n) is 16.8. The maximum atomic E-state index is 12.7. The van der Waals surface area contributed by atoms with Crippen LogP contribution < -0.4 is 4.74 Å². The summed E-state index contributed by atoms with van der Waals surface area (Å²) >= 11 is 0. The van der Waals surface area contributed by atoms with Gasteiger partial charge in [0.15, 0.2) is 4.75 Å². The van der Waals surface area contributed by atoms with Crippen LogP contribution >= 0.6 is 0 Å². The van der Waals surface area contributed by atoms with Crippen molar-refractivity contribution in [1.29, 1.82) is 0 Å². The molecule has 3 rings (SSSR count). The number of rotatable bonds is 6. The fourth-order valence-corrected chi connectivity index (χ4v) is 4.78. The number of nitrogens with zero attached hydrogens (tertiary/aromatic N) is 1. The minimum absolute atomic E-state index is 0.150. The molecule has 0 saturated carbocycles. The van der Waals surface area contributed by atoms with E-state index in [9.17, 15) is 18.3 Å². The molecule has 0 atom stereocenters. The summed E-state index contributed by atoms with van der Waals surface area (Å²) in [5, 5.41) is 9.28. The molecule has 0 amide bonds. The summed E-state index contributed by atoms with van der Waals surface area (Å²) in [6.07, 6.45) is 2.35. The van der Waals surface area contributed by atoms with Gasteiger partial charge in [0.05, 0.1) is 7.11 Å². The van der Waals surface area contributed by atoms with E-state index in [0.717, 1.165) is 28.0 Å². The van der Waals surface area contributed by atoms with Crippen LogP contribution in [-0.2, 0) is 14.8 Å². The third-order valence-corrected chi connectivity index (χ3v) is 7.80. The average molecular weight is 416 g/mol. The Hall–Kier alpha value is -2.64. The Kier molecular flexibility index (Phi) is 5.82. The summed E-state index contributed by atoms with van der Waals surface area (Å²) in [6.45, 7) is 2.83. The minimum Gasteiger partial charge on any atom is -0.496 e. The van der Waals surface area contributed by atoms with Crippen LogP contribution in [0.2, 0.25) is 0 Å². The van der Waals surface area contributed by atoms with Crippen molar-refractivity contribution in [2.45, 2.75) is 25.0 Å². The van der Waals surface area contributed by atoms with Crippen molar-refractivity contribution in [3.63, 3.8) is 0 Å². The summed E-state index contributed by atoms with van der Waals surface area (Å²) < 4.78 is 30.3. The zero-order chi connectivity index (χ0) is 21.2. The summed E-state index contributed by atoms with van der Waals surface area (Å²) in [7, 11) is -2.33. The minimum atomic E-state index is -3.96. The molecule has 1 aliphatic rings. The first-order valence-corrected chi connectivity index (χ1v) is 10.8. The Morgan fingerprint density at radius 2 is 1.79 bits per heavy atom. The molecule has 0 saturated heterocycles. The molecular weight excluding hydrogens is 390 g/mol. The number of sulfonamides is 1. The maximum Gasteiger partial charge on any atom is 0.325 e. The topological polar surface area (TPSA) is 83.9 Å². The summed E-state index contributed by atoms with van der Waals surface area (Å²) in [5.74, 6) is -0.606. The number of carbonyl (C=O) groups is 1.